The molecule has 8 heteroatoms. The van der Waals surface area contributed by atoms with Crippen molar-refractivity contribution in [2.75, 3.05) is 38.0 Å². The van der Waals surface area contributed by atoms with Gasteiger partial charge in [-0.25, -0.2) is 0 Å². The average molecular weight is 384 g/mol. The molecule has 0 aliphatic heterocycles. The van der Waals surface area contributed by atoms with E-state index in [2.05, 4.69) is 14.7 Å². The van der Waals surface area contributed by atoms with Crippen molar-refractivity contribution in [1.82, 2.24) is 9.36 Å². The zero-order valence-corrected chi connectivity index (χ0v) is 16.1. The van der Waals surface area contributed by atoms with Gasteiger partial charge in [0.25, 0.3) is 0 Å². The number of nitrogens with one attached hydrogen (secondary N) is 1. The molecule has 2 aromatic carbocycles. The smallest absolute Gasteiger partial charge is 0.243 e. The Kier molecular flexibility index (Phi) is 5.87. The number of anilines is 2. The Morgan fingerprint density at radius 2 is 1.78 bits per heavy atom. The number of nitrogens with zero attached hydrogens (tertiary/aromatic N) is 3. The number of methoxy groups -OCH3 is 2. The van der Waals surface area contributed by atoms with Crippen LogP contribution < -0.4 is 19.7 Å². The average Bonchev–Trinajstić information content (AvgIpc) is 3.18. The molecule has 3 rings (SSSR count). The van der Waals surface area contributed by atoms with Gasteiger partial charge in [-0.05, 0) is 0 Å². The molecular weight excluding hydrogens is 364 g/mol. The van der Waals surface area contributed by atoms with Gasteiger partial charge in [0.2, 0.25) is 11.0 Å². The third kappa shape index (κ3) is 4.73. The molecule has 0 bridgehead atoms. The molecule has 1 N–H and O–H groups in total. The molecule has 7 nitrogen and oxygen atoms in total. The predicted octanol–water partition coefficient (Wildman–Crippen LogP) is 3.30. The lowest BCUT2D eigenvalue weighted by atomic mass is 10.2. The van der Waals surface area contributed by atoms with Crippen LogP contribution in [-0.2, 0) is 4.79 Å². The van der Waals surface area contributed by atoms with Crippen LogP contribution in [0.3, 0.4) is 0 Å². The van der Waals surface area contributed by atoms with Gasteiger partial charge in [-0.15, -0.1) is 0 Å². The summed E-state index contributed by atoms with van der Waals surface area (Å²) in [4.78, 5) is 18.7. The molecule has 0 saturated heterocycles. The van der Waals surface area contributed by atoms with Crippen molar-refractivity contribution in [1.29, 1.82) is 0 Å². The summed E-state index contributed by atoms with van der Waals surface area (Å²) in [5.41, 5.74) is 1.55. The zero-order valence-electron chi connectivity index (χ0n) is 15.3. The van der Waals surface area contributed by atoms with Crippen molar-refractivity contribution in [2.24, 2.45) is 0 Å². The maximum atomic E-state index is 12.4. The summed E-state index contributed by atoms with van der Waals surface area (Å²) in [5, 5.41) is 3.52. The Morgan fingerprint density at radius 1 is 1.11 bits per heavy atom. The summed E-state index contributed by atoms with van der Waals surface area (Å²) in [6.45, 7) is 0.142. The molecule has 1 aromatic heterocycles. The minimum atomic E-state index is -0.177. The molecule has 0 aliphatic carbocycles. The van der Waals surface area contributed by atoms with Crippen molar-refractivity contribution >= 4 is 28.3 Å². The van der Waals surface area contributed by atoms with Crippen LogP contribution in [0.1, 0.15) is 0 Å². The van der Waals surface area contributed by atoms with Crippen molar-refractivity contribution in [3.05, 3.63) is 48.5 Å². The summed E-state index contributed by atoms with van der Waals surface area (Å²) < 4.78 is 14.8. The highest BCUT2D eigenvalue weighted by Gasteiger charge is 2.14. The highest BCUT2D eigenvalue weighted by molar-refractivity contribution is 7.09. The first-order valence-electron chi connectivity index (χ1n) is 8.22. The molecule has 1 amide bonds. The van der Waals surface area contributed by atoms with E-state index in [9.17, 15) is 4.79 Å². The topological polar surface area (TPSA) is 76.6 Å². The van der Waals surface area contributed by atoms with Gasteiger partial charge in [-0.2, -0.15) is 9.36 Å². The second-order valence-corrected chi connectivity index (χ2v) is 6.50. The van der Waals surface area contributed by atoms with Gasteiger partial charge in [-0.3, -0.25) is 4.79 Å². The minimum Gasteiger partial charge on any atom is -0.497 e. The van der Waals surface area contributed by atoms with E-state index in [0.29, 0.717) is 28.1 Å². The summed E-state index contributed by atoms with van der Waals surface area (Å²) in [6.07, 6.45) is 0. The zero-order chi connectivity index (χ0) is 19.2. The van der Waals surface area contributed by atoms with Crippen molar-refractivity contribution < 1.29 is 14.3 Å². The first-order chi connectivity index (χ1) is 13.1. The second-order valence-electron chi connectivity index (χ2n) is 5.77. The van der Waals surface area contributed by atoms with E-state index >= 15 is 0 Å². The summed E-state index contributed by atoms with van der Waals surface area (Å²) in [6, 6.07) is 14.9. The fourth-order valence-corrected chi connectivity index (χ4v) is 3.08. The second kappa shape index (κ2) is 8.50. The van der Waals surface area contributed by atoms with E-state index in [-0.39, 0.29) is 12.5 Å². The molecule has 0 saturated carbocycles. The predicted molar refractivity (Wildman–Crippen MR) is 107 cm³/mol. The van der Waals surface area contributed by atoms with Crippen LogP contribution in [0, 0.1) is 0 Å². The Bertz CT molecular complexity index is 892. The molecule has 140 valence electrons. The fraction of sp³-hybridized carbons (Fsp3) is 0.211. The highest BCUT2D eigenvalue weighted by Crippen LogP contribution is 2.26. The Hall–Kier alpha value is -3.13. The lowest BCUT2D eigenvalue weighted by molar-refractivity contribution is -0.114. The van der Waals surface area contributed by atoms with Crippen LogP contribution in [0.2, 0.25) is 0 Å². The van der Waals surface area contributed by atoms with Gasteiger partial charge in [0, 0.05) is 48.0 Å². The van der Waals surface area contributed by atoms with Gasteiger partial charge in [0.1, 0.15) is 11.5 Å². The van der Waals surface area contributed by atoms with E-state index in [1.54, 1.807) is 44.4 Å². The molecule has 1 heterocycles. The molecule has 0 radical (unpaired) electrons. The molecule has 0 fully saturated rings. The number of likely N-dealkylation sites (N-methyl/N-ethyl adjacent to an activating group) is 1. The molecule has 27 heavy (non-hydrogen) atoms. The van der Waals surface area contributed by atoms with E-state index in [4.69, 9.17) is 9.47 Å². The molecular formula is C19H20N4O3S. The Labute approximate surface area is 161 Å². The van der Waals surface area contributed by atoms with Crippen molar-refractivity contribution in [3.8, 4) is 22.9 Å². The summed E-state index contributed by atoms with van der Waals surface area (Å²) in [7, 11) is 4.93. The van der Waals surface area contributed by atoms with E-state index in [1.807, 2.05) is 30.3 Å². The van der Waals surface area contributed by atoms with Gasteiger partial charge in [-0.1, -0.05) is 30.3 Å². The Morgan fingerprint density at radius 3 is 2.41 bits per heavy atom. The molecule has 0 aliphatic rings. The van der Waals surface area contributed by atoms with Gasteiger partial charge in [0.05, 0.1) is 20.8 Å². The number of benzene rings is 2. The van der Waals surface area contributed by atoms with Crippen molar-refractivity contribution in [2.45, 2.75) is 0 Å². The third-order valence-electron chi connectivity index (χ3n) is 3.79. The van der Waals surface area contributed by atoms with Crippen LogP contribution in [0.25, 0.3) is 11.4 Å². The first-order valence-corrected chi connectivity index (χ1v) is 8.99. The number of ether oxygens (including phenoxy) is 2. The number of carbonyl (C=O) groups is 1. The van der Waals surface area contributed by atoms with Crippen LogP contribution in [0.5, 0.6) is 11.5 Å². The number of aromatic nitrogens is 2. The number of hydrogen-bond acceptors (Lipinski definition) is 7. The van der Waals surface area contributed by atoms with Crippen molar-refractivity contribution in [3.63, 3.8) is 0 Å². The summed E-state index contributed by atoms with van der Waals surface area (Å²) in [5.74, 6) is 1.69. The maximum Gasteiger partial charge on any atom is 0.243 e. The quantitative estimate of drug-likeness (QED) is 0.674. The SMILES string of the molecule is COc1cc(NC(=O)CN(C)c2nc(-c3ccccc3)ns2)cc(OC)c1. The normalized spacial score (nSPS) is 10.3. The van der Waals surface area contributed by atoms with Crippen LogP contribution in [0.15, 0.2) is 48.5 Å². The third-order valence-corrected chi connectivity index (χ3v) is 4.62. The Balaban J connectivity index is 1.65. The molecule has 3 aromatic rings. The standard InChI is InChI=1S/C19H20N4O3S/c1-23(19-21-18(22-27-19)13-7-5-4-6-8-13)12-17(24)20-14-9-15(25-2)11-16(10-14)26-3/h4-11H,12H2,1-3H3,(H,20,24). The van der Waals surface area contributed by atoms with Gasteiger partial charge >= 0.3 is 0 Å². The fourth-order valence-electron chi connectivity index (χ4n) is 2.44. The van der Waals surface area contributed by atoms with E-state index in [1.165, 1.54) is 11.5 Å². The number of carbonyl (C=O) groups excluding carboxylic acids is 1. The first kappa shape index (κ1) is 18.7. The molecule has 0 unspecified atom stereocenters. The largest absolute Gasteiger partial charge is 0.497 e. The van der Waals surface area contributed by atoms with Gasteiger partial charge < -0.3 is 19.7 Å². The monoisotopic (exact) mass is 384 g/mol. The van der Waals surface area contributed by atoms with Crippen LogP contribution >= 0.6 is 11.5 Å². The lowest BCUT2D eigenvalue weighted by Crippen LogP contribution is -2.30. The maximum absolute atomic E-state index is 12.4. The van der Waals surface area contributed by atoms with E-state index < -0.39 is 0 Å². The lowest BCUT2D eigenvalue weighted by Gasteiger charge is -2.15. The van der Waals surface area contributed by atoms with Crippen LogP contribution in [-0.4, -0.2) is 43.1 Å². The highest BCUT2D eigenvalue weighted by atomic mass is 32.1. The number of hydrogen-bond donors (Lipinski definition) is 1. The minimum absolute atomic E-state index is 0.142. The van der Waals surface area contributed by atoms with Crippen LogP contribution in [0.4, 0.5) is 10.8 Å². The molecule has 0 spiro atoms. The number of rotatable bonds is 7. The van der Waals surface area contributed by atoms with E-state index in [0.717, 1.165) is 5.56 Å². The summed E-state index contributed by atoms with van der Waals surface area (Å²) >= 11 is 1.26. The number of amides is 1. The molecule has 0 atom stereocenters. The van der Waals surface area contributed by atoms with Gasteiger partial charge in [0.15, 0.2) is 5.82 Å².